The van der Waals surface area contributed by atoms with Crippen LogP contribution in [0, 0.1) is 5.92 Å². The van der Waals surface area contributed by atoms with Gasteiger partial charge in [0.2, 0.25) is 0 Å². The summed E-state index contributed by atoms with van der Waals surface area (Å²) in [5, 5.41) is 9.03. The molecule has 1 aliphatic rings. The number of aliphatic carboxylic acids is 1. The van der Waals surface area contributed by atoms with E-state index in [0.29, 0.717) is 12.6 Å². The summed E-state index contributed by atoms with van der Waals surface area (Å²) >= 11 is 0. The Morgan fingerprint density at radius 1 is 1.47 bits per heavy atom. The maximum absolute atomic E-state index is 11.0. The normalized spacial score (nSPS) is 22.5. The van der Waals surface area contributed by atoms with Crippen molar-refractivity contribution >= 4 is 5.97 Å². The molecule has 0 aromatic heterocycles. The van der Waals surface area contributed by atoms with Gasteiger partial charge in [-0.3, -0.25) is 9.69 Å². The number of carboxylic acids is 1. The fourth-order valence-corrected chi connectivity index (χ4v) is 2.65. The van der Waals surface area contributed by atoms with Gasteiger partial charge < -0.3 is 5.11 Å². The van der Waals surface area contributed by atoms with Crippen LogP contribution in [0.3, 0.4) is 0 Å². The Hall–Kier alpha value is -1.35. The lowest BCUT2D eigenvalue weighted by atomic mass is 10.0. The van der Waals surface area contributed by atoms with Gasteiger partial charge in [0.15, 0.2) is 0 Å². The first-order valence-corrected chi connectivity index (χ1v) is 6.24. The van der Waals surface area contributed by atoms with Crippen LogP contribution in [-0.2, 0) is 4.79 Å². The van der Waals surface area contributed by atoms with E-state index in [1.165, 1.54) is 5.56 Å². The van der Waals surface area contributed by atoms with E-state index >= 15 is 0 Å². The van der Waals surface area contributed by atoms with Gasteiger partial charge in [-0.2, -0.15) is 0 Å². The molecule has 0 unspecified atom stereocenters. The molecule has 3 nitrogen and oxygen atoms in total. The molecular formula is C14H19NO2. The SMILES string of the molecule is CC[C@H](c1ccccc1)N1CC[C@H](C(=O)O)C1. The van der Waals surface area contributed by atoms with Gasteiger partial charge in [0, 0.05) is 12.6 Å². The number of carboxylic acid groups (broad SMARTS) is 1. The highest BCUT2D eigenvalue weighted by Crippen LogP contribution is 2.29. The molecule has 0 spiro atoms. The number of rotatable bonds is 4. The first-order valence-electron chi connectivity index (χ1n) is 6.24. The summed E-state index contributed by atoms with van der Waals surface area (Å²) in [7, 11) is 0. The van der Waals surface area contributed by atoms with Crippen molar-refractivity contribution in [1.82, 2.24) is 4.90 Å². The molecule has 1 N–H and O–H groups in total. The zero-order valence-corrected chi connectivity index (χ0v) is 10.2. The number of nitrogens with zero attached hydrogens (tertiary/aromatic N) is 1. The van der Waals surface area contributed by atoms with Crippen LogP contribution in [0.2, 0.25) is 0 Å². The quantitative estimate of drug-likeness (QED) is 0.868. The van der Waals surface area contributed by atoms with Gasteiger partial charge in [-0.1, -0.05) is 37.3 Å². The Kier molecular flexibility index (Phi) is 3.79. The second-order valence-corrected chi connectivity index (χ2v) is 4.65. The zero-order chi connectivity index (χ0) is 12.3. The van der Waals surface area contributed by atoms with Crippen molar-refractivity contribution in [1.29, 1.82) is 0 Å². The van der Waals surface area contributed by atoms with Crippen molar-refractivity contribution in [2.45, 2.75) is 25.8 Å². The molecule has 92 valence electrons. The molecule has 1 aromatic carbocycles. The lowest BCUT2D eigenvalue weighted by Crippen LogP contribution is -2.27. The van der Waals surface area contributed by atoms with E-state index < -0.39 is 5.97 Å². The highest BCUT2D eigenvalue weighted by atomic mass is 16.4. The van der Waals surface area contributed by atoms with Gasteiger partial charge in [0.25, 0.3) is 0 Å². The van der Waals surface area contributed by atoms with Crippen LogP contribution in [-0.4, -0.2) is 29.1 Å². The maximum atomic E-state index is 11.0. The van der Waals surface area contributed by atoms with Crippen LogP contribution < -0.4 is 0 Å². The molecule has 0 amide bonds. The molecule has 3 heteroatoms. The second kappa shape index (κ2) is 5.32. The molecule has 2 rings (SSSR count). The topological polar surface area (TPSA) is 40.5 Å². The molecule has 1 aromatic rings. The first kappa shape index (κ1) is 12.1. The van der Waals surface area contributed by atoms with E-state index in [-0.39, 0.29) is 5.92 Å². The summed E-state index contributed by atoms with van der Waals surface area (Å²) in [6, 6.07) is 10.7. The molecule has 0 radical (unpaired) electrons. The third kappa shape index (κ3) is 2.67. The van der Waals surface area contributed by atoms with Crippen LogP contribution >= 0.6 is 0 Å². The molecular weight excluding hydrogens is 214 g/mol. The number of benzene rings is 1. The van der Waals surface area contributed by atoms with E-state index in [1.54, 1.807) is 0 Å². The predicted octanol–water partition coefficient (Wildman–Crippen LogP) is 2.54. The number of hydrogen-bond donors (Lipinski definition) is 1. The third-order valence-electron chi connectivity index (χ3n) is 3.58. The first-order chi connectivity index (χ1) is 8.22. The van der Waals surface area contributed by atoms with E-state index in [4.69, 9.17) is 5.11 Å². The Bertz CT molecular complexity index is 377. The Morgan fingerprint density at radius 3 is 2.71 bits per heavy atom. The molecule has 0 aliphatic carbocycles. The third-order valence-corrected chi connectivity index (χ3v) is 3.58. The average Bonchev–Trinajstić information content (AvgIpc) is 2.81. The van der Waals surface area contributed by atoms with Crippen molar-refractivity contribution < 1.29 is 9.90 Å². The minimum absolute atomic E-state index is 0.187. The van der Waals surface area contributed by atoms with Crippen molar-refractivity contribution in [2.24, 2.45) is 5.92 Å². The van der Waals surface area contributed by atoms with Crippen molar-refractivity contribution in [2.75, 3.05) is 13.1 Å². The van der Waals surface area contributed by atoms with E-state index in [2.05, 4.69) is 24.0 Å². The number of likely N-dealkylation sites (tertiary alicyclic amines) is 1. The minimum Gasteiger partial charge on any atom is -0.481 e. The number of hydrogen-bond acceptors (Lipinski definition) is 2. The monoisotopic (exact) mass is 233 g/mol. The van der Waals surface area contributed by atoms with Crippen molar-refractivity contribution in [3.63, 3.8) is 0 Å². The molecule has 0 saturated carbocycles. The maximum Gasteiger partial charge on any atom is 0.307 e. The van der Waals surface area contributed by atoms with Gasteiger partial charge in [0.1, 0.15) is 0 Å². The van der Waals surface area contributed by atoms with Gasteiger partial charge in [-0.05, 0) is 24.9 Å². The van der Waals surface area contributed by atoms with E-state index in [9.17, 15) is 4.79 Å². The number of carbonyl (C=O) groups is 1. The van der Waals surface area contributed by atoms with Gasteiger partial charge in [-0.15, -0.1) is 0 Å². The van der Waals surface area contributed by atoms with Crippen molar-refractivity contribution in [3.8, 4) is 0 Å². The summed E-state index contributed by atoms with van der Waals surface area (Å²) in [5.74, 6) is -0.844. The van der Waals surface area contributed by atoms with E-state index in [1.807, 2.05) is 18.2 Å². The lowest BCUT2D eigenvalue weighted by molar-refractivity contribution is -0.141. The average molecular weight is 233 g/mol. The standard InChI is InChI=1S/C14H19NO2/c1-2-13(11-6-4-3-5-7-11)15-9-8-12(10-15)14(16)17/h3-7,12-13H,2,8-10H2,1H3,(H,16,17)/t12-,13+/m0/s1. The molecule has 1 fully saturated rings. The summed E-state index contributed by atoms with van der Waals surface area (Å²) in [4.78, 5) is 13.3. The summed E-state index contributed by atoms with van der Waals surface area (Å²) in [6.07, 6.45) is 1.80. The molecule has 1 aliphatic heterocycles. The van der Waals surface area contributed by atoms with Crippen LogP contribution in [0.25, 0.3) is 0 Å². The van der Waals surface area contributed by atoms with Crippen molar-refractivity contribution in [3.05, 3.63) is 35.9 Å². The van der Waals surface area contributed by atoms with Gasteiger partial charge >= 0.3 is 5.97 Å². The fraction of sp³-hybridized carbons (Fsp3) is 0.500. The Labute approximate surface area is 102 Å². The Balaban J connectivity index is 2.08. The highest BCUT2D eigenvalue weighted by molar-refractivity contribution is 5.70. The Morgan fingerprint density at radius 2 is 2.18 bits per heavy atom. The second-order valence-electron chi connectivity index (χ2n) is 4.65. The fourth-order valence-electron chi connectivity index (χ4n) is 2.65. The summed E-state index contributed by atoms with van der Waals surface area (Å²) in [6.45, 7) is 3.73. The van der Waals surface area contributed by atoms with Crippen LogP contribution in [0.15, 0.2) is 30.3 Å². The minimum atomic E-state index is -0.657. The molecule has 2 atom stereocenters. The molecule has 1 saturated heterocycles. The van der Waals surface area contributed by atoms with Gasteiger partial charge in [0.05, 0.1) is 5.92 Å². The van der Waals surface area contributed by atoms with Crippen LogP contribution in [0.4, 0.5) is 0 Å². The van der Waals surface area contributed by atoms with Gasteiger partial charge in [-0.25, -0.2) is 0 Å². The lowest BCUT2D eigenvalue weighted by Gasteiger charge is -2.27. The smallest absolute Gasteiger partial charge is 0.307 e. The molecule has 17 heavy (non-hydrogen) atoms. The largest absolute Gasteiger partial charge is 0.481 e. The summed E-state index contributed by atoms with van der Waals surface area (Å²) < 4.78 is 0. The summed E-state index contributed by atoms with van der Waals surface area (Å²) in [5.41, 5.74) is 1.29. The van der Waals surface area contributed by atoms with Crippen LogP contribution in [0.5, 0.6) is 0 Å². The van der Waals surface area contributed by atoms with Crippen LogP contribution in [0.1, 0.15) is 31.4 Å². The highest BCUT2D eigenvalue weighted by Gasteiger charge is 2.31. The zero-order valence-electron chi connectivity index (χ0n) is 10.2. The van der Waals surface area contributed by atoms with E-state index in [0.717, 1.165) is 19.4 Å². The predicted molar refractivity (Wildman–Crippen MR) is 66.8 cm³/mol. The molecule has 0 bridgehead atoms. The molecule has 1 heterocycles.